The van der Waals surface area contributed by atoms with Crippen molar-refractivity contribution in [1.29, 1.82) is 0 Å². The summed E-state index contributed by atoms with van der Waals surface area (Å²) in [5.74, 6) is 2.09. The smallest absolute Gasteiger partial charge is 0.342 e. The largest absolute Gasteiger partial charge is 0.423 e. The van der Waals surface area contributed by atoms with E-state index in [1.807, 2.05) is 0 Å². The van der Waals surface area contributed by atoms with Crippen molar-refractivity contribution in [3.63, 3.8) is 0 Å². The van der Waals surface area contributed by atoms with Crippen molar-refractivity contribution < 1.29 is 14.6 Å². The van der Waals surface area contributed by atoms with Crippen molar-refractivity contribution in [2.45, 2.75) is 19.8 Å². The van der Waals surface area contributed by atoms with E-state index in [-0.39, 0.29) is 18.0 Å². The van der Waals surface area contributed by atoms with Crippen molar-refractivity contribution in [2.24, 2.45) is 23.2 Å². The summed E-state index contributed by atoms with van der Waals surface area (Å²) in [6.45, 7) is 6.28. The minimum Gasteiger partial charge on any atom is -0.423 e. The molecule has 0 aromatic rings. The Morgan fingerprint density at radius 1 is 1.61 bits per heavy atom. The summed E-state index contributed by atoms with van der Waals surface area (Å²) in [5, 5.41) is 9.30. The average Bonchev–Trinajstić information content (AvgIpc) is 3.02. The van der Waals surface area contributed by atoms with Crippen LogP contribution in [0.5, 0.6) is 0 Å². The lowest BCUT2D eigenvalue weighted by Crippen LogP contribution is -2.29. The van der Waals surface area contributed by atoms with Crippen molar-refractivity contribution >= 4 is 5.97 Å². The number of allylic oxidation sites excluding steroid dienone is 3. The number of esters is 1. The molecule has 94 valence electrons. The van der Waals surface area contributed by atoms with Gasteiger partial charge in [0.15, 0.2) is 0 Å². The zero-order valence-corrected chi connectivity index (χ0v) is 10.4. The Balaban J connectivity index is 1.86. The molecule has 0 spiro atoms. The van der Waals surface area contributed by atoms with Gasteiger partial charge in [0, 0.05) is 5.57 Å². The number of rotatable bonds is 1. The second kappa shape index (κ2) is 2.97. The first kappa shape index (κ1) is 10.6. The molecule has 1 aliphatic heterocycles. The predicted octanol–water partition coefficient (Wildman–Crippen LogP) is 1.95. The molecule has 4 rings (SSSR count). The molecular weight excluding hydrogens is 228 g/mol. The third kappa shape index (κ3) is 1.02. The van der Waals surface area contributed by atoms with Gasteiger partial charge in [0.1, 0.15) is 5.76 Å². The van der Waals surface area contributed by atoms with Gasteiger partial charge in [-0.05, 0) is 42.1 Å². The number of fused-ring (bicyclic) bond motifs is 4. The summed E-state index contributed by atoms with van der Waals surface area (Å²) in [4.78, 5) is 11.7. The fourth-order valence-electron chi connectivity index (χ4n) is 4.25. The molecule has 2 saturated carbocycles. The van der Waals surface area contributed by atoms with Crippen LogP contribution in [0.2, 0.25) is 0 Å². The van der Waals surface area contributed by atoms with Crippen LogP contribution in [0.3, 0.4) is 0 Å². The fourth-order valence-corrected chi connectivity index (χ4v) is 4.25. The summed E-state index contributed by atoms with van der Waals surface area (Å²) in [5.41, 5.74) is 2.79. The van der Waals surface area contributed by atoms with Crippen LogP contribution in [0.1, 0.15) is 19.8 Å². The zero-order chi connectivity index (χ0) is 12.7. The maximum Gasteiger partial charge on any atom is 0.342 e. The van der Waals surface area contributed by atoms with Crippen LogP contribution in [0.15, 0.2) is 35.1 Å². The minimum absolute atomic E-state index is 0.103. The molecule has 0 aromatic carbocycles. The lowest BCUT2D eigenvalue weighted by Gasteiger charge is -2.36. The van der Waals surface area contributed by atoms with Gasteiger partial charge in [0.25, 0.3) is 0 Å². The van der Waals surface area contributed by atoms with Gasteiger partial charge in [-0.1, -0.05) is 19.1 Å². The molecule has 0 bridgehead atoms. The Morgan fingerprint density at radius 3 is 3.11 bits per heavy atom. The van der Waals surface area contributed by atoms with Crippen LogP contribution in [0, 0.1) is 23.2 Å². The molecule has 0 unspecified atom stereocenters. The summed E-state index contributed by atoms with van der Waals surface area (Å²) in [6.07, 6.45) is 4.16. The minimum atomic E-state index is -0.375. The molecule has 0 radical (unpaired) electrons. The molecule has 3 heteroatoms. The third-order valence-corrected chi connectivity index (χ3v) is 5.38. The molecule has 3 nitrogen and oxygen atoms in total. The van der Waals surface area contributed by atoms with E-state index < -0.39 is 0 Å². The number of hydrogen-bond donors (Lipinski definition) is 1. The summed E-state index contributed by atoms with van der Waals surface area (Å²) < 4.78 is 5.30. The lowest BCUT2D eigenvalue weighted by molar-refractivity contribution is -0.133. The third-order valence-electron chi connectivity index (χ3n) is 5.38. The van der Waals surface area contributed by atoms with E-state index in [9.17, 15) is 9.90 Å². The Morgan fingerprint density at radius 2 is 2.39 bits per heavy atom. The Bertz CT molecular complexity index is 554. The fraction of sp³-hybridized carbons (Fsp3) is 0.533. The van der Waals surface area contributed by atoms with Gasteiger partial charge >= 0.3 is 5.97 Å². The van der Waals surface area contributed by atoms with E-state index in [2.05, 4.69) is 19.6 Å². The predicted molar refractivity (Wildman–Crippen MR) is 65.2 cm³/mol. The highest BCUT2D eigenvalue weighted by Crippen LogP contribution is 2.70. The van der Waals surface area contributed by atoms with Crippen LogP contribution in [-0.2, 0) is 9.53 Å². The Kier molecular flexibility index (Phi) is 1.74. The van der Waals surface area contributed by atoms with Crippen molar-refractivity contribution in [3.8, 4) is 0 Å². The van der Waals surface area contributed by atoms with Crippen LogP contribution in [0.4, 0.5) is 0 Å². The van der Waals surface area contributed by atoms with Crippen LogP contribution < -0.4 is 0 Å². The van der Waals surface area contributed by atoms with E-state index in [1.54, 1.807) is 0 Å². The highest BCUT2D eigenvalue weighted by Gasteiger charge is 2.63. The van der Waals surface area contributed by atoms with E-state index in [1.165, 1.54) is 12.0 Å². The first-order valence-corrected chi connectivity index (χ1v) is 6.53. The lowest BCUT2D eigenvalue weighted by atomic mass is 9.67. The molecule has 1 N–H and O–H groups in total. The maximum absolute atomic E-state index is 11.7. The summed E-state index contributed by atoms with van der Waals surface area (Å²) in [6, 6.07) is 0. The number of ether oxygens (including phenoxy) is 1. The van der Waals surface area contributed by atoms with Gasteiger partial charge in [-0.3, -0.25) is 0 Å². The second-order valence-corrected chi connectivity index (χ2v) is 6.16. The Labute approximate surface area is 106 Å². The van der Waals surface area contributed by atoms with Crippen molar-refractivity contribution in [3.05, 3.63) is 35.1 Å². The van der Waals surface area contributed by atoms with Gasteiger partial charge in [-0.25, -0.2) is 4.79 Å². The number of aliphatic hydroxyl groups is 1. The number of carbonyl (C=O) groups excluding carboxylic acids is 1. The average molecular weight is 244 g/mol. The molecule has 3 aliphatic carbocycles. The van der Waals surface area contributed by atoms with Gasteiger partial charge in [0.05, 0.1) is 12.2 Å². The molecule has 2 fully saturated rings. The molecule has 1 heterocycles. The number of carbonyl (C=O) groups is 1. The SMILES string of the molecule is C=C1[C@H]2C[C@@H]2[C@@]2(C)C=C3OC(=O)C(CO)=C3C[C@H]12. The second-order valence-electron chi connectivity index (χ2n) is 6.16. The van der Waals surface area contributed by atoms with Gasteiger partial charge in [-0.15, -0.1) is 0 Å². The van der Waals surface area contributed by atoms with E-state index >= 15 is 0 Å². The van der Waals surface area contributed by atoms with Gasteiger partial charge < -0.3 is 9.84 Å². The summed E-state index contributed by atoms with van der Waals surface area (Å²) >= 11 is 0. The molecule has 0 saturated heterocycles. The van der Waals surface area contributed by atoms with Crippen LogP contribution in [0.25, 0.3) is 0 Å². The summed E-state index contributed by atoms with van der Waals surface area (Å²) in [7, 11) is 0. The monoisotopic (exact) mass is 244 g/mol. The van der Waals surface area contributed by atoms with Crippen molar-refractivity contribution in [2.75, 3.05) is 6.61 Å². The first-order chi connectivity index (χ1) is 8.56. The van der Waals surface area contributed by atoms with E-state index in [4.69, 9.17) is 4.74 Å². The highest BCUT2D eigenvalue weighted by atomic mass is 16.5. The highest BCUT2D eigenvalue weighted by molar-refractivity contribution is 5.95. The maximum atomic E-state index is 11.7. The molecule has 4 aliphatic rings. The van der Waals surface area contributed by atoms with Gasteiger partial charge in [0.2, 0.25) is 0 Å². The zero-order valence-electron chi connectivity index (χ0n) is 10.4. The van der Waals surface area contributed by atoms with E-state index in [0.29, 0.717) is 29.1 Å². The van der Waals surface area contributed by atoms with Crippen LogP contribution in [-0.4, -0.2) is 17.7 Å². The molecule has 0 amide bonds. The standard InChI is InChI=1S/C15H16O3/c1-7-8-3-12(8)15(2)5-13-9(4-11(7)15)10(6-16)14(17)18-13/h5,8,11-12,16H,1,3-4,6H2,2H3/t8-,11-,12+,15+/m1/s1. The Hall–Kier alpha value is -1.35. The number of hydrogen-bond acceptors (Lipinski definition) is 3. The molecule has 4 atom stereocenters. The van der Waals surface area contributed by atoms with E-state index in [0.717, 1.165) is 12.0 Å². The number of aliphatic hydroxyl groups excluding tert-OH is 1. The molecule has 0 aromatic heterocycles. The normalized spacial score (nSPS) is 44.3. The quantitative estimate of drug-likeness (QED) is 0.566. The molecular formula is C15H16O3. The topological polar surface area (TPSA) is 46.5 Å². The van der Waals surface area contributed by atoms with Gasteiger partial charge in [-0.2, -0.15) is 0 Å². The van der Waals surface area contributed by atoms with Crippen molar-refractivity contribution in [1.82, 2.24) is 0 Å². The van der Waals surface area contributed by atoms with Crippen LogP contribution >= 0.6 is 0 Å². The first-order valence-electron chi connectivity index (χ1n) is 6.53. The molecule has 18 heavy (non-hydrogen) atoms.